The molecule has 0 rings (SSSR count). The minimum absolute atomic E-state index is 0.371. The van der Waals surface area contributed by atoms with Crippen molar-refractivity contribution in [1.29, 1.82) is 0 Å². The summed E-state index contributed by atoms with van der Waals surface area (Å²) in [6.07, 6.45) is 3.07. The van der Waals surface area contributed by atoms with Crippen LogP contribution in [0.5, 0.6) is 0 Å². The zero-order chi connectivity index (χ0) is 14.0. The molecule has 0 fully saturated rings. The molecule has 0 unspecified atom stereocenters. The average molecular weight is 272 g/mol. The highest BCUT2D eigenvalue weighted by Gasteiger charge is 2.32. The van der Waals surface area contributed by atoms with E-state index >= 15 is 0 Å². The molecule has 18 heavy (non-hydrogen) atoms. The predicted octanol–water partition coefficient (Wildman–Crippen LogP) is 3.04. The fourth-order valence-electron chi connectivity index (χ4n) is 1.60. The summed E-state index contributed by atoms with van der Waals surface area (Å²) in [6.45, 7) is 8.42. The van der Waals surface area contributed by atoms with E-state index in [0.29, 0.717) is 6.61 Å². The first-order valence-electron chi connectivity index (χ1n) is 6.61. The van der Waals surface area contributed by atoms with Gasteiger partial charge in [-0.1, -0.05) is 27.7 Å². The highest BCUT2D eigenvalue weighted by molar-refractivity contribution is 6.75. The largest absolute Gasteiger partial charge is 0.516 e. The molecule has 0 N–H and O–H groups in total. The quantitative estimate of drug-likeness (QED) is 0.387. The molecule has 0 radical (unpaired) electrons. The number of carbonyl (C=O) groups excluding carboxylic acids is 2. The minimum atomic E-state index is -1.93. The van der Waals surface area contributed by atoms with Crippen molar-refractivity contribution >= 4 is 20.3 Å². The van der Waals surface area contributed by atoms with Crippen LogP contribution in [-0.4, -0.2) is 26.9 Å². The van der Waals surface area contributed by atoms with Gasteiger partial charge in [0.1, 0.15) is 0 Å². The number of esters is 1. The van der Waals surface area contributed by atoms with E-state index in [1.165, 1.54) is 6.08 Å². The van der Waals surface area contributed by atoms with Crippen molar-refractivity contribution in [2.75, 3.05) is 6.61 Å². The molecule has 5 heteroatoms. The lowest BCUT2D eigenvalue weighted by molar-refractivity contribution is -0.138. The summed E-state index contributed by atoms with van der Waals surface area (Å²) < 4.78 is 10.4. The molecule has 0 amide bonds. The molecule has 0 aromatic carbocycles. The fourth-order valence-corrected chi connectivity index (χ4v) is 4.03. The molecule has 0 spiro atoms. The summed E-state index contributed by atoms with van der Waals surface area (Å²) >= 11 is 0. The van der Waals surface area contributed by atoms with E-state index in [1.807, 2.05) is 27.7 Å². The zero-order valence-corrected chi connectivity index (χ0v) is 12.8. The SMILES string of the molecule is CCCOC(=O)/C=C\C(=O)O[Si](CC)(CC)CC. The summed E-state index contributed by atoms with van der Waals surface area (Å²) in [6, 6.07) is 2.71. The van der Waals surface area contributed by atoms with Gasteiger partial charge in [0, 0.05) is 12.2 Å². The first-order valence-corrected chi connectivity index (χ1v) is 9.14. The van der Waals surface area contributed by atoms with Gasteiger partial charge in [-0.05, 0) is 24.6 Å². The van der Waals surface area contributed by atoms with Crippen molar-refractivity contribution in [2.45, 2.75) is 52.2 Å². The Morgan fingerprint density at radius 2 is 1.44 bits per heavy atom. The third kappa shape index (κ3) is 6.00. The Balaban J connectivity index is 4.32. The maximum absolute atomic E-state index is 11.6. The molecule has 0 aliphatic rings. The molecular formula is C13H24O4Si. The molecule has 0 saturated heterocycles. The second-order valence-corrected chi connectivity index (χ2v) is 8.86. The van der Waals surface area contributed by atoms with Crippen molar-refractivity contribution in [1.82, 2.24) is 0 Å². The van der Waals surface area contributed by atoms with Crippen LogP contribution in [0, 0.1) is 0 Å². The van der Waals surface area contributed by atoms with E-state index in [4.69, 9.17) is 9.16 Å². The van der Waals surface area contributed by atoms with E-state index in [2.05, 4.69) is 0 Å². The van der Waals surface area contributed by atoms with E-state index in [-0.39, 0.29) is 0 Å². The van der Waals surface area contributed by atoms with Crippen LogP contribution in [-0.2, 0) is 18.8 Å². The molecule has 0 heterocycles. The topological polar surface area (TPSA) is 52.6 Å². The van der Waals surface area contributed by atoms with Gasteiger partial charge in [0.15, 0.2) is 0 Å². The van der Waals surface area contributed by atoms with Crippen LogP contribution in [0.25, 0.3) is 0 Å². The maximum Gasteiger partial charge on any atom is 0.331 e. The van der Waals surface area contributed by atoms with Crippen molar-refractivity contribution in [3.8, 4) is 0 Å². The lowest BCUT2D eigenvalue weighted by Gasteiger charge is -2.26. The maximum atomic E-state index is 11.6. The van der Waals surface area contributed by atoms with Crippen LogP contribution in [0.15, 0.2) is 12.2 Å². The molecular weight excluding hydrogens is 248 g/mol. The van der Waals surface area contributed by atoms with Gasteiger partial charge >= 0.3 is 11.9 Å². The second kappa shape index (κ2) is 8.91. The summed E-state index contributed by atoms with van der Waals surface area (Å²) in [5.41, 5.74) is 0. The molecule has 4 nitrogen and oxygen atoms in total. The van der Waals surface area contributed by atoms with Crippen LogP contribution < -0.4 is 0 Å². The number of hydrogen-bond donors (Lipinski definition) is 0. The van der Waals surface area contributed by atoms with Crippen LogP contribution in [0.2, 0.25) is 18.1 Å². The molecule has 104 valence electrons. The standard InChI is InChI=1S/C13H24O4Si/c1-5-11-16-12(14)9-10-13(15)17-18(6-2,7-3)8-4/h9-10H,5-8,11H2,1-4H3/b10-9-. The lowest BCUT2D eigenvalue weighted by Crippen LogP contribution is -2.37. The van der Waals surface area contributed by atoms with Gasteiger partial charge < -0.3 is 9.16 Å². The van der Waals surface area contributed by atoms with E-state index in [0.717, 1.165) is 30.6 Å². The Morgan fingerprint density at radius 1 is 0.944 bits per heavy atom. The molecule has 0 aromatic rings. The summed E-state index contributed by atoms with van der Waals surface area (Å²) in [7, 11) is -1.93. The fraction of sp³-hybridized carbons (Fsp3) is 0.692. The van der Waals surface area contributed by atoms with Gasteiger partial charge in [-0.15, -0.1) is 0 Å². The number of hydrogen-bond acceptors (Lipinski definition) is 4. The van der Waals surface area contributed by atoms with E-state index < -0.39 is 20.3 Å². The zero-order valence-electron chi connectivity index (χ0n) is 11.8. The van der Waals surface area contributed by atoms with Crippen molar-refractivity contribution < 1.29 is 18.8 Å². The Labute approximate surface area is 110 Å². The van der Waals surface area contributed by atoms with Crippen molar-refractivity contribution in [2.24, 2.45) is 0 Å². The number of carbonyl (C=O) groups is 2. The van der Waals surface area contributed by atoms with Crippen LogP contribution in [0.1, 0.15) is 34.1 Å². The number of ether oxygens (including phenoxy) is 1. The third-order valence-corrected chi connectivity index (χ3v) is 7.55. The summed E-state index contributed by atoms with van der Waals surface area (Å²) in [5.74, 6) is -0.925. The van der Waals surface area contributed by atoms with Gasteiger partial charge in [-0.2, -0.15) is 0 Å². The summed E-state index contributed by atoms with van der Waals surface area (Å²) in [4.78, 5) is 22.8. The van der Waals surface area contributed by atoms with Gasteiger partial charge in [0.05, 0.1) is 6.61 Å². The highest BCUT2D eigenvalue weighted by atomic mass is 28.4. The third-order valence-electron chi connectivity index (χ3n) is 3.05. The predicted molar refractivity (Wildman–Crippen MR) is 73.7 cm³/mol. The number of rotatable bonds is 8. The van der Waals surface area contributed by atoms with Gasteiger partial charge in [-0.3, -0.25) is 0 Å². The monoisotopic (exact) mass is 272 g/mol. The Kier molecular flexibility index (Phi) is 8.37. The van der Waals surface area contributed by atoms with Crippen LogP contribution in [0.4, 0.5) is 0 Å². The van der Waals surface area contributed by atoms with Crippen molar-refractivity contribution in [3.63, 3.8) is 0 Å². The van der Waals surface area contributed by atoms with E-state index in [9.17, 15) is 9.59 Å². The average Bonchev–Trinajstić information content (AvgIpc) is 2.40. The highest BCUT2D eigenvalue weighted by Crippen LogP contribution is 2.21. The first kappa shape index (κ1) is 16.9. The molecule has 0 aromatic heterocycles. The van der Waals surface area contributed by atoms with E-state index in [1.54, 1.807) is 0 Å². The minimum Gasteiger partial charge on any atom is -0.516 e. The normalized spacial score (nSPS) is 11.6. The summed E-state index contributed by atoms with van der Waals surface area (Å²) in [5, 5.41) is 0. The first-order chi connectivity index (χ1) is 8.53. The van der Waals surface area contributed by atoms with Gasteiger partial charge in [0.2, 0.25) is 0 Å². The Morgan fingerprint density at radius 3 is 1.89 bits per heavy atom. The Hall–Kier alpha value is -1.10. The van der Waals surface area contributed by atoms with Gasteiger partial charge in [0.25, 0.3) is 8.32 Å². The molecule has 0 aliphatic heterocycles. The van der Waals surface area contributed by atoms with Gasteiger partial charge in [-0.25, -0.2) is 9.59 Å². The van der Waals surface area contributed by atoms with Crippen LogP contribution >= 0.6 is 0 Å². The smallest absolute Gasteiger partial charge is 0.331 e. The molecule has 0 saturated carbocycles. The van der Waals surface area contributed by atoms with Crippen LogP contribution in [0.3, 0.4) is 0 Å². The molecule has 0 atom stereocenters. The Bertz CT molecular complexity index is 287. The second-order valence-electron chi connectivity index (χ2n) is 4.17. The molecule has 0 bridgehead atoms. The molecule has 0 aliphatic carbocycles. The van der Waals surface area contributed by atoms with Crippen molar-refractivity contribution in [3.05, 3.63) is 12.2 Å². The lowest BCUT2D eigenvalue weighted by atomic mass is 10.5.